The molecular weight excluding hydrogens is 390 g/mol. The fraction of sp³-hybridized carbons (Fsp3) is 0.333. The highest BCUT2D eigenvalue weighted by atomic mass is 35.5. The van der Waals surface area contributed by atoms with Crippen molar-refractivity contribution in [3.8, 4) is 0 Å². The first-order chi connectivity index (χ1) is 13.1. The predicted octanol–water partition coefficient (Wildman–Crippen LogP) is 2.98. The number of hydrogen-bond donors (Lipinski definition) is 3. The Labute approximate surface area is 166 Å². The molecule has 0 saturated carbocycles. The summed E-state index contributed by atoms with van der Waals surface area (Å²) in [5, 5.41) is 22.2. The first kappa shape index (κ1) is 19.8. The number of morpholine rings is 1. The SMILES string of the molecule is O=C(O)NCc1c(N2CCOCC2)ccc(Cl)c1Sc1ncccc1CO. The molecule has 3 rings (SSSR count). The molecule has 1 saturated heterocycles. The van der Waals surface area contributed by atoms with Crippen molar-refractivity contribution in [2.75, 3.05) is 31.2 Å². The number of benzene rings is 1. The summed E-state index contributed by atoms with van der Waals surface area (Å²) in [6, 6.07) is 7.26. The Morgan fingerprint density at radius 2 is 2.11 bits per heavy atom. The molecule has 0 radical (unpaired) electrons. The lowest BCUT2D eigenvalue weighted by molar-refractivity contribution is 0.122. The van der Waals surface area contributed by atoms with Crippen molar-refractivity contribution in [2.45, 2.75) is 23.1 Å². The van der Waals surface area contributed by atoms with Crippen molar-refractivity contribution in [3.63, 3.8) is 0 Å². The molecule has 0 aliphatic carbocycles. The van der Waals surface area contributed by atoms with Gasteiger partial charge in [-0.25, -0.2) is 9.78 Å². The lowest BCUT2D eigenvalue weighted by atomic mass is 10.1. The highest BCUT2D eigenvalue weighted by molar-refractivity contribution is 7.99. The number of halogens is 1. The summed E-state index contributed by atoms with van der Waals surface area (Å²) in [4.78, 5) is 18.3. The van der Waals surface area contributed by atoms with Crippen LogP contribution in [0.3, 0.4) is 0 Å². The summed E-state index contributed by atoms with van der Waals surface area (Å²) < 4.78 is 5.42. The van der Waals surface area contributed by atoms with E-state index in [1.807, 2.05) is 6.07 Å². The van der Waals surface area contributed by atoms with Crippen LogP contribution in [0, 0.1) is 0 Å². The standard InChI is InChI=1S/C18H20ClN3O4S/c19-14-3-4-15(22-6-8-26-9-7-22)13(10-21-18(24)25)16(14)27-17-12(11-23)2-1-5-20-17/h1-5,21,23H,6-11H2,(H,24,25). The molecule has 0 bridgehead atoms. The topological polar surface area (TPSA) is 94.9 Å². The van der Waals surface area contributed by atoms with Crippen LogP contribution < -0.4 is 10.2 Å². The molecule has 0 spiro atoms. The second-order valence-corrected chi connectivity index (χ2v) is 7.27. The second-order valence-electron chi connectivity index (χ2n) is 5.86. The number of aromatic nitrogens is 1. The van der Waals surface area contributed by atoms with Crippen LogP contribution in [0.2, 0.25) is 5.02 Å². The summed E-state index contributed by atoms with van der Waals surface area (Å²) in [7, 11) is 0. The van der Waals surface area contributed by atoms with Crippen molar-refractivity contribution < 1.29 is 19.7 Å². The van der Waals surface area contributed by atoms with Crippen molar-refractivity contribution in [1.29, 1.82) is 0 Å². The summed E-state index contributed by atoms with van der Waals surface area (Å²) in [5.74, 6) is 0. The fourth-order valence-corrected chi connectivity index (χ4v) is 4.20. The van der Waals surface area contributed by atoms with Crippen molar-refractivity contribution in [3.05, 3.63) is 46.6 Å². The van der Waals surface area contributed by atoms with Gasteiger partial charge in [0.05, 0.1) is 24.8 Å². The third-order valence-corrected chi connectivity index (χ3v) is 5.83. The van der Waals surface area contributed by atoms with E-state index in [2.05, 4.69) is 15.2 Å². The van der Waals surface area contributed by atoms with Crippen LogP contribution in [0.25, 0.3) is 0 Å². The summed E-state index contributed by atoms with van der Waals surface area (Å²) >= 11 is 7.80. The van der Waals surface area contributed by atoms with E-state index in [1.54, 1.807) is 24.4 Å². The van der Waals surface area contributed by atoms with Gasteiger partial charge >= 0.3 is 6.09 Å². The van der Waals surface area contributed by atoms with Gasteiger partial charge in [-0.05, 0) is 18.2 Å². The summed E-state index contributed by atoms with van der Waals surface area (Å²) in [6.07, 6.45) is 0.545. The van der Waals surface area contributed by atoms with Gasteiger partial charge in [0.2, 0.25) is 0 Å². The molecule has 0 atom stereocenters. The minimum Gasteiger partial charge on any atom is -0.465 e. The van der Waals surface area contributed by atoms with Crippen LogP contribution in [0.5, 0.6) is 0 Å². The second kappa shape index (κ2) is 9.27. The molecule has 1 fully saturated rings. The normalized spacial score (nSPS) is 14.2. The number of carboxylic acid groups (broad SMARTS) is 1. The highest BCUT2D eigenvalue weighted by Gasteiger charge is 2.21. The van der Waals surface area contributed by atoms with E-state index < -0.39 is 6.09 Å². The van der Waals surface area contributed by atoms with Gasteiger partial charge in [0, 0.05) is 47.5 Å². The number of aliphatic hydroxyl groups is 1. The number of nitrogens with one attached hydrogen (secondary N) is 1. The van der Waals surface area contributed by atoms with Gasteiger partial charge in [-0.1, -0.05) is 29.4 Å². The van der Waals surface area contributed by atoms with E-state index in [0.717, 1.165) is 29.2 Å². The highest BCUT2D eigenvalue weighted by Crippen LogP contribution is 2.41. The van der Waals surface area contributed by atoms with Gasteiger partial charge in [0.1, 0.15) is 5.03 Å². The van der Waals surface area contributed by atoms with Gasteiger partial charge < -0.3 is 25.2 Å². The molecule has 2 heterocycles. The third kappa shape index (κ3) is 4.84. The number of amides is 1. The molecule has 2 aromatic rings. The first-order valence-electron chi connectivity index (χ1n) is 8.43. The number of carbonyl (C=O) groups is 1. The number of rotatable bonds is 6. The van der Waals surface area contributed by atoms with Crippen LogP contribution in [-0.4, -0.2) is 47.6 Å². The molecule has 1 amide bonds. The molecule has 3 N–H and O–H groups in total. The number of hydrogen-bond acceptors (Lipinski definition) is 6. The molecule has 0 unspecified atom stereocenters. The lowest BCUT2D eigenvalue weighted by Gasteiger charge is -2.31. The van der Waals surface area contributed by atoms with Crippen LogP contribution in [0.1, 0.15) is 11.1 Å². The Hall–Kier alpha value is -2.00. The summed E-state index contributed by atoms with van der Waals surface area (Å²) in [6.45, 7) is 2.65. The average molecular weight is 410 g/mol. The number of ether oxygens (including phenoxy) is 1. The minimum absolute atomic E-state index is 0.117. The Balaban J connectivity index is 2.02. The maximum Gasteiger partial charge on any atom is 0.404 e. The zero-order valence-corrected chi connectivity index (χ0v) is 16.1. The van der Waals surface area contributed by atoms with E-state index in [0.29, 0.717) is 28.8 Å². The van der Waals surface area contributed by atoms with Gasteiger partial charge in [-0.15, -0.1) is 0 Å². The van der Waals surface area contributed by atoms with E-state index in [9.17, 15) is 9.90 Å². The number of aliphatic hydroxyl groups excluding tert-OH is 1. The Morgan fingerprint density at radius 3 is 2.81 bits per heavy atom. The Bertz CT molecular complexity index is 815. The van der Waals surface area contributed by atoms with Gasteiger partial charge in [-0.3, -0.25) is 0 Å². The Morgan fingerprint density at radius 1 is 1.33 bits per heavy atom. The van der Waals surface area contributed by atoms with Crippen molar-refractivity contribution >= 4 is 35.1 Å². The molecule has 1 aromatic carbocycles. The van der Waals surface area contributed by atoms with Gasteiger partial charge in [0.25, 0.3) is 0 Å². The largest absolute Gasteiger partial charge is 0.465 e. The molecule has 9 heteroatoms. The lowest BCUT2D eigenvalue weighted by Crippen LogP contribution is -2.37. The zero-order valence-electron chi connectivity index (χ0n) is 14.5. The zero-order chi connectivity index (χ0) is 19.2. The van der Waals surface area contributed by atoms with Gasteiger partial charge in [0.15, 0.2) is 0 Å². The van der Waals surface area contributed by atoms with Crippen molar-refractivity contribution in [2.24, 2.45) is 0 Å². The monoisotopic (exact) mass is 409 g/mol. The molecule has 1 aromatic heterocycles. The summed E-state index contributed by atoms with van der Waals surface area (Å²) in [5.41, 5.74) is 2.39. The first-order valence-corrected chi connectivity index (χ1v) is 9.63. The number of nitrogens with zero attached hydrogens (tertiary/aromatic N) is 2. The Kier molecular flexibility index (Phi) is 6.78. The fourth-order valence-electron chi connectivity index (χ4n) is 2.87. The molecule has 1 aliphatic rings. The third-order valence-electron chi connectivity index (χ3n) is 4.17. The van der Waals surface area contributed by atoms with E-state index in [1.165, 1.54) is 11.8 Å². The van der Waals surface area contributed by atoms with Crippen LogP contribution in [-0.2, 0) is 17.9 Å². The predicted molar refractivity (Wildman–Crippen MR) is 104 cm³/mol. The van der Waals surface area contributed by atoms with E-state index >= 15 is 0 Å². The molecular formula is C18H20ClN3O4S. The van der Waals surface area contributed by atoms with Crippen LogP contribution in [0.15, 0.2) is 40.4 Å². The molecule has 1 aliphatic heterocycles. The maximum absolute atomic E-state index is 11.1. The minimum atomic E-state index is -1.10. The quantitative estimate of drug-likeness (QED) is 0.675. The van der Waals surface area contributed by atoms with Crippen LogP contribution in [0.4, 0.5) is 10.5 Å². The number of anilines is 1. The molecule has 27 heavy (non-hydrogen) atoms. The van der Waals surface area contributed by atoms with Crippen LogP contribution >= 0.6 is 23.4 Å². The maximum atomic E-state index is 11.1. The van der Waals surface area contributed by atoms with Gasteiger partial charge in [-0.2, -0.15) is 0 Å². The molecule has 144 valence electrons. The van der Waals surface area contributed by atoms with E-state index in [4.69, 9.17) is 21.4 Å². The molecule has 7 nitrogen and oxygen atoms in total. The van der Waals surface area contributed by atoms with E-state index in [-0.39, 0.29) is 13.2 Å². The van der Waals surface area contributed by atoms with Crippen molar-refractivity contribution in [1.82, 2.24) is 10.3 Å². The average Bonchev–Trinajstić information content (AvgIpc) is 2.69. The smallest absolute Gasteiger partial charge is 0.404 e. The number of pyridine rings is 1.